The summed E-state index contributed by atoms with van der Waals surface area (Å²) >= 11 is 0. The van der Waals surface area contributed by atoms with E-state index < -0.39 is 35.6 Å². The van der Waals surface area contributed by atoms with Crippen molar-refractivity contribution in [3.63, 3.8) is 0 Å². The number of aromatic nitrogens is 2. The van der Waals surface area contributed by atoms with Crippen LogP contribution in [0.15, 0.2) is 48.7 Å². The molecule has 0 bridgehead atoms. The van der Waals surface area contributed by atoms with Gasteiger partial charge >= 0.3 is 6.03 Å². The first-order chi connectivity index (χ1) is 29.5. The number of nitrogens with zero attached hydrogens (tertiary/aromatic N) is 9. The fourth-order valence-corrected chi connectivity index (χ4v) is 10.4. The molecule has 7 heterocycles. The predicted octanol–water partition coefficient (Wildman–Crippen LogP) is 1.81. The Hall–Kier alpha value is -6.30. The summed E-state index contributed by atoms with van der Waals surface area (Å²) < 4.78 is 0. The summed E-state index contributed by atoms with van der Waals surface area (Å²) in [7, 11) is 1.83. The molecule has 18 heteroatoms. The third-order valence-electron chi connectivity index (χ3n) is 13.9. The second-order valence-corrected chi connectivity index (χ2v) is 17.5. The van der Waals surface area contributed by atoms with Crippen molar-refractivity contribution >= 4 is 64.3 Å². The van der Waals surface area contributed by atoms with E-state index in [-0.39, 0.29) is 32.0 Å². The van der Waals surface area contributed by atoms with Gasteiger partial charge in [-0.3, -0.25) is 39.1 Å². The lowest BCUT2D eigenvalue weighted by Gasteiger charge is -2.37. The fourth-order valence-electron chi connectivity index (χ4n) is 10.4. The summed E-state index contributed by atoms with van der Waals surface area (Å²) in [5, 5.41) is 5.54. The average molecular weight is 833 g/mol. The number of nitrogens with one attached hydrogen (secondary N) is 2. The van der Waals surface area contributed by atoms with Gasteiger partial charge in [0, 0.05) is 104 Å². The molecular formula is C43H52N12O6. The van der Waals surface area contributed by atoms with Crippen LogP contribution < -0.4 is 31.1 Å². The number of rotatable bonds is 10. The van der Waals surface area contributed by atoms with Gasteiger partial charge in [-0.2, -0.15) is 0 Å². The first-order valence-corrected chi connectivity index (χ1v) is 21.4. The maximum absolute atomic E-state index is 13.4. The van der Waals surface area contributed by atoms with Crippen LogP contribution in [0.3, 0.4) is 0 Å². The summed E-state index contributed by atoms with van der Waals surface area (Å²) in [6.07, 6.45) is 3.67. The fraction of sp³-hybridized carbons (Fsp3) is 0.488. The van der Waals surface area contributed by atoms with E-state index in [2.05, 4.69) is 47.3 Å². The van der Waals surface area contributed by atoms with E-state index in [9.17, 15) is 28.8 Å². The molecule has 2 aromatic carbocycles. The highest BCUT2D eigenvalue weighted by Crippen LogP contribution is 2.53. The van der Waals surface area contributed by atoms with Crippen molar-refractivity contribution in [1.29, 1.82) is 0 Å². The third kappa shape index (κ3) is 7.15. The van der Waals surface area contributed by atoms with Crippen LogP contribution in [0.5, 0.6) is 0 Å². The van der Waals surface area contributed by atoms with Gasteiger partial charge in [-0.15, -0.1) is 0 Å². The second-order valence-electron chi connectivity index (χ2n) is 17.5. The molecular weight excluding hydrogens is 781 g/mol. The largest absolute Gasteiger partial charge is 0.371 e. The zero-order valence-corrected chi connectivity index (χ0v) is 34.2. The summed E-state index contributed by atoms with van der Waals surface area (Å²) in [5.41, 5.74) is 9.20. The van der Waals surface area contributed by atoms with Gasteiger partial charge in [0.1, 0.15) is 11.9 Å². The van der Waals surface area contributed by atoms with Gasteiger partial charge in [-0.05, 0) is 79.5 Å². The quantitative estimate of drug-likeness (QED) is 0.250. The number of piperazine rings is 1. The Labute approximate surface area is 354 Å². The molecule has 5 atom stereocenters. The SMILES string of the molecule is CN1CCN([C@@H]2CCCN(c3cnc(C(N)=O)c(Nc4ccc(N5CCN(CC6[C@H]7CN(c8ccc9c(c8)C(=O)N(C8CCC(=O)NC8=O)C9=O)C[C@@H]67)CC5)cc4)n3)C2)C1=O.[HH]. The molecule has 6 aliphatic heterocycles. The van der Waals surface area contributed by atoms with E-state index >= 15 is 0 Å². The number of amides is 7. The van der Waals surface area contributed by atoms with Crippen molar-refractivity contribution in [2.24, 2.45) is 23.5 Å². The molecule has 18 nitrogen and oxygen atoms in total. The predicted molar refractivity (Wildman–Crippen MR) is 227 cm³/mol. The highest BCUT2D eigenvalue weighted by atomic mass is 16.2. The first-order valence-electron chi connectivity index (χ1n) is 21.4. The summed E-state index contributed by atoms with van der Waals surface area (Å²) in [6, 6.07) is 12.7. The molecule has 7 amide bonds. The number of hydrogen-bond donors (Lipinski definition) is 3. The van der Waals surface area contributed by atoms with Crippen molar-refractivity contribution in [2.45, 2.75) is 37.8 Å². The van der Waals surface area contributed by atoms with Crippen molar-refractivity contribution in [3.05, 3.63) is 65.5 Å². The van der Waals surface area contributed by atoms with Gasteiger partial charge in [0.05, 0.1) is 23.4 Å². The van der Waals surface area contributed by atoms with Crippen LogP contribution in [0, 0.1) is 17.8 Å². The van der Waals surface area contributed by atoms with E-state index in [1.807, 2.05) is 30.1 Å². The van der Waals surface area contributed by atoms with E-state index in [1.165, 1.54) is 0 Å². The molecule has 61 heavy (non-hydrogen) atoms. The molecule has 1 aromatic heterocycles. The molecule has 4 N–H and O–H groups in total. The van der Waals surface area contributed by atoms with Crippen molar-refractivity contribution in [2.75, 3.05) is 99.1 Å². The van der Waals surface area contributed by atoms with Crippen LogP contribution in [0.4, 0.5) is 33.5 Å². The minimum Gasteiger partial charge on any atom is -0.371 e. The number of hydrogen-bond acceptors (Lipinski definition) is 13. The minimum atomic E-state index is -0.971. The second kappa shape index (κ2) is 15.3. The highest BCUT2D eigenvalue weighted by molar-refractivity contribution is 6.23. The van der Waals surface area contributed by atoms with E-state index in [1.54, 1.807) is 23.2 Å². The number of carbonyl (C=O) groups is 6. The van der Waals surface area contributed by atoms with Gasteiger partial charge in [-0.25, -0.2) is 14.8 Å². The molecule has 7 aliphatic rings. The Morgan fingerprint density at radius 2 is 1.57 bits per heavy atom. The summed E-state index contributed by atoms with van der Waals surface area (Å²) in [4.78, 5) is 99.0. The van der Waals surface area contributed by atoms with E-state index in [4.69, 9.17) is 10.7 Å². The maximum Gasteiger partial charge on any atom is 0.320 e. The molecule has 10 rings (SSSR count). The van der Waals surface area contributed by atoms with Crippen LogP contribution in [0.25, 0.3) is 0 Å². The van der Waals surface area contributed by atoms with Crippen LogP contribution >= 0.6 is 0 Å². The Morgan fingerprint density at radius 1 is 0.836 bits per heavy atom. The first kappa shape index (κ1) is 38.9. The number of imide groups is 2. The monoisotopic (exact) mass is 832 g/mol. The molecule has 0 spiro atoms. The molecule has 1 aliphatic carbocycles. The van der Waals surface area contributed by atoms with E-state index in [0.717, 1.165) is 100 Å². The smallest absolute Gasteiger partial charge is 0.320 e. The number of anilines is 5. The number of piperidine rings is 3. The number of primary amides is 1. The number of likely N-dealkylation sites (N-methyl/N-ethyl adjacent to an activating group) is 1. The minimum absolute atomic E-state index is 0. The number of urea groups is 1. The highest BCUT2D eigenvalue weighted by Gasteiger charge is 2.56. The molecule has 1 saturated carbocycles. The van der Waals surface area contributed by atoms with Crippen LogP contribution in [0.1, 0.15) is 58.3 Å². The van der Waals surface area contributed by atoms with Crippen molar-refractivity contribution < 1.29 is 30.2 Å². The topological polar surface area (TPSA) is 201 Å². The van der Waals surface area contributed by atoms with Gasteiger partial charge < -0.3 is 35.6 Å². The van der Waals surface area contributed by atoms with Gasteiger partial charge in [0.2, 0.25) is 11.8 Å². The van der Waals surface area contributed by atoms with Crippen LogP contribution in [-0.2, 0) is 9.59 Å². The van der Waals surface area contributed by atoms with Crippen LogP contribution in [0.2, 0.25) is 0 Å². The number of carbonyl (C=O) groups excluding carboxylic acids is 6. The number of nitrogens with two attached hydrogens (primary N) is 1. The third-order valence-corrected chi connectivity index (χ3v) is 13.9. The molecule has 3 aromatic rings. The molecule has 5 saturated heterocycles. The average Bonchev–Trinajstić information content (AvgIpc) is 3.50. The zero-order valence-electron chi connectivity index (χ0n) is 34.2. The lowest BCUT2D eigenvalue weighted by atomic mass is 10.0. The number of benzene rings is 2. The maximum atomic E-state index is 13.4. The van der Waals surface area contributed by atoms with Gasteiger partial charge in [0.15, 0.2) is 11.5 Å². The van der Waals surface area contributed by atoms with Gasteiger partial charge in [0.25, 0.3) is 17.7 Å². The molecule has 2 unspecified atom stereocenters. The Kier molecular flexibility index (Phi) is 9.76. The van der Waals surface area contributed by atoms with Gasteiger partial charge in [-0.1, -0.05) is 0 Å². The Balaban J connectivity index is 0.00000490. The normalized spacial score (nSPS) is 26.6. The standard InChI is InChI=1S/C43H50N12O6.H2/c1-49-13-18-54(43(49)61)28-3-2-12-52(21-28)35-20-45-37(38(44)57)39(47-35)46-25-4-6-26(7-5-25)51-16-14-50(15-17-51)22-31-32-23-53(24-33(31)32)27-8-9-29-30(19-27)42(60)55(41(29)59)34-10-11-36(56)48-40(34)58;/h4-9,19-20,28,31-34H,2-3,10-18,21-24H2,1H3,(H2,44,57)(H,46,47)(H,48,56,58);1H/t28-,31?,32-,33+,34?;/m1./s1. The molecule has 320 valence electrons. The number of fused-ring (bicyclic) bond motifs is 2. The van der Waals surface area contributed by atoms with Crippen molar-refractivity contribution in [3.8, 4) is 0 Å². The lowest BCUT2D eigenvalue weighted by molar-refractivity contribution is -0.136. The molecule has 0 radical (unpaired) electrons. The summed E-state index contributed by atoms with van der Waals surface area (Å²) in [5.74, 6) is 0.121. The zero-order chi connectivity index (χ0) is 42.1. The Bertz CT molecular complexity index is 2310. The summed E-state index contributed by atoms with van der Waals surface area (Å²) in [6.45, 7) is 9.50. The van der Waals surface area contributed by atoms with E-state index in [0.29, 0.717) is 47.1 Å². The van der Waals surface area contributed by atoms with Crippen LogP contribution in [-0.4, -0.2) is 156 Å². The Morgan fingerprint density at radius 3 is 2.28 bits per heavy atom. The molecule has 6 fully saturated rings. The lowest BCUT2D eigenvalue weighted by Crippen LogP contribution is -2.54. The van der Waals surface area contributed by atoms with Crippen molar-refractivity contribution in [1.82, 2.24) is 34.9 Å².